The summed E-state index contributed by atoms with van der Waals surface area (Å²) in [5.41, 5.74) is 0.903. The van der Waals surface area contributed by atoms with Crippen molar-refractivity contribution in [3.63, 3.8) is 0 Å². The number of carbonyl (C=O) groups excluding carboxylic acids is 1. The van der Waals surface area contributed by atoms with Crippen molar-refractivity contribution < 1.29 is 9.53 Å². The first-order valence-corrected chi connectivity index (χ1v) is 8.19. The van der Waals surface area contributed by atoms with Crippen LogP contribution in [0.3, 0.4) is 0 Å². The molecule has 1 aromatic heterocycles. The van der Waals surface area contributed by atoms with Crippen molar-refractivity contribution in [1.82, 2.24) is 14.9 Å². The molecule has 1 atom stereocenters. The van der Waals surface area contributed by atoms with Crippen LogP contribution in [0.4, 0.5) is 0 Å². The monoisotopic (exact) mass is 293 g/mol. The van der Waals surface area contributed by atoms with Crippen LogP contribution in [-0.4, -0.2) is 28.2 Å². The fourth-order valence-electron chi connectivity index (χ4n) is 3.02. The molecule has 2 rings (SSSR count). The van der Waals surface area contributed by atoms with Crippen LogP contribution in [0.2, 0.25) is 0 Å². The van der Waals surface area contributed by atoms with E-state index in [1.165, 1.54) is 25.7 Å². The molecule has 118 valence electrons. The number of nitrogens with one attached hydrogen (secondary N) is 1. The van der Waals surface area contributed by atoms with Gasteiger partial charge in [0.2, 0.25) is 0 Å². The van der Waals surface area contributed by atoms with Gasteiger partial charge < -0.3 is 9.30 Å². The molecule has 0 aliphatic heterocycles. The summed E-state index contributed by atoms with van der Waals surface area (Å²) in [4.78, 5) is 16.5. The zero-order valence-electron chi connectivity index (χ0n) is 13.2. The fourth-order valence-corrected chi connectivity index (χ4v) is 3.02. The van der Waals surface area contributed by atoms with E-state index in [0.717, 1.165) is 25.1 Å². The Kier molecular flexibility index (Phi) is 6.23. The lowest BCUT2D eigenvalue weighted by Gasteiger charge is -2.24. The van der Waals surface area contributed by atoms with Crippen molar-refractivity contribution in [2.45, 2.75) is 71.0 Å². The van der Waals surface area contributed by atoms with Crippen molar-refractivity contribution >= 4 is 5.97 Å². The zero-order chi connectivity index (χ0) is 15.1. The maximum absolute atomic E-state index is 12.3. The summed E-state index contributed by atoms with van der Waals surface area (Å²) >= 11 is 0. The van der Waals surface area contributed by atoms with Crippen molar-refractivity contribution in [2.24, 2.45) is 0 Å². The second-order valence-corrected chi connectivity index (χ2v) is 5.64. The van der Waals surface area contributed by atoms with E-state index in [1.807, 2.05) is 11.5 Å². The van der Waals surface area contributed by atoms with Crippen LogP contribution in [0.15, 0.2) is 12.5 Å². The summed E-state index contributed by atoms with van der Waals surface area (Å²) in [5.74, 6) is -0.197. The van der Waals surface area contributed by atoms with Crippen LogP contribution in [0.5, 0.6) is 0 Å². The van der Waals surface area contributed by atoms with Crippen molar-refractivity contribution in [3.05, 3.63) is 18.2 Å². The van der Waals surface area contributed by atoms with E-state index in [0.29, 0.717) is 12.6 Å². The number of hydrogen-bond acceptors (Lipinski definition) is 4. The molecule has 1 aromatic rings. The lowest BCUT2D eigenvalue weighted by atomic mass is 10.1. The highest BCUT2D eigenvalue weighted by Crippen LogP contribution is 2.22. The Labute approximate surface area is 127 Å². The Morgan fingerprint density at radius 2 is 2.10 bits per heavy atom. The molecule has 21 heavy (non-hydrogen) atoms. The SMILES string of the molecule is CCOC(=O)C(NC1CCCCCC1)c1cncn1CC. The van der Waals surface area contributed by atoms with E-state index in [1.54, 1.807) is 12.5 Å². The minimum atomic E-state index is -0.407. The van der Waals surface area contributed by atoms with Gasteiger partial charge in [0.05, 0.1) is 24.8 Å². The van der Waals surface area contributed by atoms with Crippen molar-refractivity contribution in [3.8, 4) is 0 Å². The van der Waals surface area contributed by atoms with Gasteiger partial charge in [0, 0.05) is 12.6 Å². The Hall–Kier alpha value is -1.36. The van der Waals surface area contributed by atoms with Gasteiger partial charge in [-0.15, -0.1) is 0 Å². The zero-order valence-corrected chi connectivity index (χ0v) is 13.2. The van der Waals surface area contributed by atoms with Crippen LogP contribution in [0.1, 0.15) is 64.1 Å². The van der Waals surface area contributed by atoms with E-state index in [2.05, 4.69) is 17.2 Å². The fraction of sp³-hybridized carbons (Fsp3) is 0.750. The van der Waals surface area contributed by atoms with Gasteiger partial charge in [-0.1, -0.05) is 25.7 Å². The van der Waals surface area contributed by atoms with Crippen molar-refractivity contribution in [1.29, 1.82) is 0 Å². The number of nitrogens with zero attached hydrogens (tertiary/aromatic N) is 2. The number of carbonyl (C=O) groups is 1. The van der Waals surface area contributed by atoms with E-state index in [4.69, 9.17) is 4.74 Å². The Bertz CT molecular complexity index is 436. The number of imidazole rings is 1. The largest absolute Gasteiger partial charge is 0.465 e. The third kappa shape index (κ3) is 4.30. The number of hydrogen-bond donors (Lipinski definition) is 1. The highest BCUT2D eigenvalue weighted by molar-refractivity contribution is 5.77. The Balaban J connectivity index is 2.13. The molecule has 1 heterocycles. The molecule has 1 N–H and O–H groups in total. The van der Waals surface area contributed by atoms with Gasteiger partial charge in [0.15, 0.2) is 0 Å². The van der Waals surface area contributed by atoms with Gasteiger partial charge in [0.25, 0.3) is 0 Å². The molecule has 0 amide bonds. The molecule has 0 saturated heterocycles. The summed E-state index contributed by atoms with van der Waals surface area (Å²) < 4.78 is 7.26. The summed E-state index contributed by atoms with van der Waals surface area (Å²) in [7, 11) is 0. The van der Waals surface area contributed by atoms with Gasteiger partial charge in [-0.3, -0.25) is 5.32 Å². The minimum absolute atomic E-state index is 0.197. The maximum atomic E-state index is 12.3. The molecule has 5 heteroatoms. The van der Waals surface area contributed by atoms with E-state index in [-0.39, 0.29) is 5.97 Å². The number of esters is 1. The number of rotatable bonds is 6. The van der Waals surface area contributed by atoms with Crippen LogP contribution in [0.25, 0.3) is 0 Å². The van der Waals surface area contributed by atoms with Gasteiger partial charge in [-0.05, 0) is 26.7 Å². The molecule has 0 bridgehead atoms. The Morgan fingerprint density at radius 3 is 2.71 bits per heavy atom. The number of ether oxygens (including phenoxy) is 1. The molecule has 1 fully saturated rings. The summed E-state index contributed by atoms with van der Waals surface area (Å²) in [5, 5.41) is 3.52. The summed E-state index contributed by atoms with van der Waals surface area (Å²) in [6.45, 7) is 5.11. The highest BCUT2D eigenvalue weighted by atomic mass is 16.5. The first kappa shape index (κ1) is 16.0. The first-order chi connectivity index (χ1) is 10.3. The second kappa shape index (κ2) is 8.17. The average Bonchev–Trinajstić information content (AvgIpc) is 2.80. The predicted molar refractivity (Wildman–Crippen MR) is 81.9 cm³/mol. The quantitative estimate of drug-likeness (QED) is 0.647. The topological polar surface area (TPSA) is 56.1 Å². The average molecular weight is 293 g/mol. The maximum Gasteiger partial charge on any atom is 0.329 e. The van der Waals surface area contributed by atoms with Gasteiger partial charge in [0.1, 0.15) is 6.04 Å². The number of aryl methyl sites for hydroxylation is 1. The van der Waals surface area contributed by atoms with Crippen molar-refractivity contribution in [2.75, 3.05) is 6.61 Å². The third-order valence-electron chi connectivity index (χ3n) is 4.16. The molecular formula is C16H27N3O2. The molecular weight excluding hydrogens is 266 g/mol. The second-order valence-electron chi connectivity index (χ2n) is 5.64. The predicted octanol–water partition coefficient (Wildman–Crippen LogP) is 2.82. The third-order valence-corrected chi connectivity index (χ3v) is 4.16. The van der Waals surface area contributed by atoms with Gasteiger partial charge in [-0.2, -0.15) is 0 Å². The lowest BCUT2D eigenvalue weighted by Crippen LogP contribution is -2.38. The van der Waals surface area contributed by atoms with E-state index >= 15 is 0 Å². The normalized spacial score (nSPS) is 18.2. The minimum Gasteiger partial charge on any atom is -0.465 e. The van der Waals surface area contributed by atoms with Gasteiger partial charge >= 0.3 is 5.97 Å². The molecule has 5 nitrogen and oxygen atoms in total. The molecule has 1 unspecified atom stereocenters. The summed E-state index contributed by atoms with van der Waals surface area (Å²) in [6, 6.07) is -0.0161. The smallest absolute Gasteiger partial charge is 0.329 e. The Morgan fingerprint density at radius 1 is 1.38 bits per heavy atom. The summed E-state index contributed by atoms with van der Waals surface area (Å²) in [6.07, 6.45) is 10.9. The molecule has 0 spiro atoms. The number of aromatic nitrogens is 2. The molecule has 0 radical (unpaired) electrons. The van der Waals surface area contributed by atoms with Crippen LogP contribution in [0, 0.1) is 0 Å². The highest BCUT2D eigenvalue weighted by Gasteiger charge is 2.28. The molecule has 1 aliphatic carbocycles. The lowest BCUT2D eigenvalue weighted by molar-refractivity contribution is -0.146. The van der Waals surface area contributed by atoms with Crippen LogP contribution >= 0.6 is 0 Å². The molecule has 1 saturated carbocycles. The molecule has 0 aromatic carbocycles. The van der Waals surface area contributed by atoms with E-state index in [9.17, 15) is 4.79 Å². The van der Waals surface area contributed by atoms with Crippen LogP contribution < -0.4 is 5.32 Å². The molecule has 1 aliphatic rings. The standard InChI is InChI=1S/C16H27N3O2/c1-3-19-12-17-11-14(19)15(16(20)21-4-2)18-13-9-7-5-6-8-10-13/h11-13,15,18H,3-10H2,1-2H3. The van der Waals surface area contributed by atoms with Crippen LogP contribution in [-0.2, 0) is 16.1 Å². The van der Waals surface area contributed by atoms with Gasteiger partial charge in [-0.25, -0.2) is 9.78 Å². The first-order valence-electron chi connectivity index (χ1n) is 8.19. The van der Waals surface area contributed by atoms with E-state index < -0.39 is 6.04 Å².